The summed E-state index contributed by atoms with van der Waals surface area (Å²) in [4.78, 5) is 2.11. The monoisotopic (exact) mass is 224 g/mol. The number of hydrogen-bond acceptors (Lipinski definition) is 3. The molecule has 4 heteroatoms. The molecule has 1 saturated heterocycles. The quantitative estimate of drug-likeness (QED) is 0.807. The summed E-state index contributed by atoms with van der Waals surface area (Å²) in [5, 5.41) is 12.5. The number of nitrogens with zero attached hydrogens (tertiary/aromatic N) is 1. The fourth-order valence-corrected chi connectivity index (χ4v) is 2.16. The molecule has 1 heterocycles. The fourth-order valence-electron chi connectivity index (χ4n) is 2.16. The molecule has 88 valence electrons. The van der Waals surface area contributed by atoms with Crippen molar-refractivity contribution in [2.75, 3.05) is 25.0 Å². The first-order valence-electron chi connectivity index (χ1n) is 5.56. The Morgan fingerprint density at radius 1 is 1.56 bits per heavy atom. The van der Waals surface area contributed by atoms with Crippen molar-refractivity contribution in [1.29, 1.82) is 0 Å². The van der Waals surface area contributed by atoms with E-state index in [4.69, 9.17) is 0 Å². The van der Waals surface area contributed by atoms with E-state index in [1.165, 1.54) is 6.07 Å². The highest BCUT2D eigenvalue weighted by atomic mass is 19.1. The number of benzene rings is 1. The third kappa shape index (κ3) is 2.33. The normalized spacial score (nSPS) is 20.4. The van der Waals surface area contributed by atoms with Crippen LogP contribution in [-0.4, -0.2) is 31.3 Å². The first kappa shape index (κ1) is 11.4. The Balaban J connectivity index is 2.25. The van der Waals surface area contributed by atoms with Crippen LogP contribution < -0.4 is 10.2 Å². The van der Waals surface area contributed by atoms with Crippen LogP contribution in [0.5, 0.6) is 0 Å². The second-order valence-electron chi connectivity index (χ2n) is 4.19. The van der Waals surface area contributed by atoms with E-state index in [1.54, 1.807) is 12.1 Å². The van der Waals surface area contributed by atoms with Crippen molar-refractivity contribution in [2.24, 2.45) is 0 Å². The zero-order chi connectivity index (χ0) is 11.5. The predicted octanol–water partition coefficient (Wildman–Crippen LogP) is 1.12. The SMILES string of the molecule is CNCc1cc(F)ccc1N1CCC(O)C1. The average Bonchev–Trinajstić information content (AvgIpc) is 2.65. The summed E-state index contributed by atoms with van der Waals surface area (Å²) < 4.78 is 13.1. The van der Waals surface area contributed by atoms with Gasteiger partial charge >= 0.3 is 0 Å². The third-order valence-corrected chi connectivity index (χ3v) is 2.91. The van der Waals surface area contributed by atoms with Crippen molar-refractivity contribution in [1.82, 2.24) is 5.32 Å². The summed E-state index contributed by atoms with van der Waals surface area (Å²) >= 11 is 0. The standard InChI is InChI=1S/C12H17FN2O/c1-14-7-9-6-10(13)2-3-12(9)15-5-4-11(16)8-15/h2-3,6,11,14,16H,4-5,7-8H2,1H3. The van der Waals surface area contributed by atoms with E-state index in [1.807, 2.05) is 7.05 Å². The molecule has 1 aromatic carbocycles. The molecule has 1 atom stereocenters. The lowest BCUT2D eigenvalue weighted by atomic mass is 10.1. The number of aliphatic hydroxyl groups is 1. The second kappa shape index (κ2) is 4.80. The molecule has 3 nitrogen and oxygen atoms in total. The van der Waals surface area contributed by atoms with Crippen molar-refractivity contribution in [3.8, 4) is 0 Å². The lowest BCUT2D eigenvalue weighted by Crippen LogP contribution is -2.23. The van der Waals surface area contributed by atoms with Gasteiger partial charge in [-0.1, -0.05) is 0 Å². The molecule has 0 aromatic heterocycles. The number of aliphatic hydroxyl groups excluding tert-OH is 1. The molecule has 2 rings (SSSR count). The first-order chi connectivity index (χ1) is 7.70. The van der Waals surface area contributed by atoms with Crippen molar-refractivity contribution < 1.29 is 9.50 Å². The van der Waals surface area contributed by atoms with Gasteiger partial charge in [-0.25, -0.2) is 4.39 Å². The number of β-amino-alcohol motifs (C(OH)–C–C–N with tert-alkyl or cyclic N) is 1. The van der Waals surface area contributed by atoms with Crippen LogP contribution in [0.25, 0.3) is 0 Å². The molecule has 0 aliphatic carbocycles. The Kier molecular flexibility index (Phi) is 3.41. The molecule has 0 bridgehead atoms. The van der Waals surface area contributed by atoms with Crippen molar-refractivity contribution >= 4 is 5.69 Å². The van der Waals surface area contributed by atoms with Gasteiger partial charge < -0.3 is 15.3 Å². The van der Waals surface area contributed by atoms with Gasteiger partial charge in [-0.3, -0.25) is 0 Å². The van der Waals surface area contributed by atoms with Crippen LogP contribution in [-0.2, 0) is 6.54 Å². The van der Waals surface area contributed by atoms with Crippen molar-refractivity contribution in [3.05, 3.63) is 29.6 Å². The molecule has 1 aliphatic heterocycles. The molecular formula is C12H17FN2O. The molecule has 2 N–H and O–H groups in total. The molecule has 0 spiro atoms. The molecule has 0 amide bonds. The zero-order valence-corrected chi connectivity index (χ0v) is 9.41. The number of hydrogen-bond donors (Lipinski definition) is 2. The highest BCUT2D eigenvalue weighted by Crippen LogP contribution is 2.25. The van der Waals surface area contributed by atoms with E-state index in [0.717, 1.165) is 24.2 Å². The summed E-state index contributed by atoms with van der Waals surface area (Å²) in [5.41, 5.74) is 1.96. The van der Waals surface area contributed by atoms with Gasteiger partial charge in [0.1, 0.15) is 5.82 Å². The highest BCUT2D eigenvalue weighted by Gasteiger charge is 2.22. The van der Waals surface area contributed by atoms with Gasteiger partial charge in [0, 0.05) is 25.3 Å². The summed E-state index contributed by atoms with van der Waals surface area (Å²) in [6, 6.07) is 4.82. The number of halogens is 1. The van der Waals surface area contributed by atoms with Gasteiger partial charge in [-0.05, 0) is 37.2 Å². The van der Waals surface area contributed by atoms with Gasteiger partial charge in [-0.2, -0.15) is 0 Å². The Labute approximate surface area is 94.9 Å². The molecule has 0 radical (unpaired) electrons. The van der Waals surface area contributed by atoms with Crippen LogP contribution in [0.4, 0.5) is 10.1 Å². The van der Waals surface area contributed by atoms with Crippen molar-refractivity contribution in [2.45, 2.75) is 19.1 Å². The van der Waals surface area contributed by atoms with E-state index in [-0.39, 0.29) is 11.9 Å². The van der Waals surface area contributed by atoms with Crippen LogP contribution in [0.15, 0.2) is 18.2 Å². The van der Waals surface area contributed by atoms with E-state index in [2.05, 4.69) is 10.2 Å². The summed E-state index contributed by atoms with van der Waals surface area (Å²) in [7, 11) is 1.84. The second-order valence-corrected chi connectivity index (χ2v) is 4.19. The predicted molar refractivity (Wildman–Crippen MR) is 62.0 cm³/mol. The molecule has 0 saturated carbocycles. The van der Waals surface area contributed by atoms with Crippen LogP contribution in [0.2, 0.25) is 0 Å². The van der Waals surface area contributed by atoms with Crippen LogP contribution in [0, 0.1) is 5.82 Å². The lowest BCUT2D eigenvalue weighted by molar-refractivity contribution is 0.198. The summed E-state index contributed by atoms with van der Waals surface area (Å²) in [6.45, 7) is 2.12. The van der Waals surface area contributed by atoms with E-state index in [9.17, 15) is 9.50 Å². The smallest absolute Gasteiger partial charge is 0.123 e. The van der Waals surface area contributed by atoms with Crippen LogP contribution in [0.3, 0.4) is 0 Å². The Hall–Kier alpha value is -1.13. The van der Waals surface area contributed by atoms with E-state index < -0.39 is 0 Å². The Morgan fingerprint density at radius 3 is 3.00 bits per heavy atom. The van der Waals surface area contributed by atoms with E-state index >= 15 is 0 Å². The summed E-state index contributed by atoms with van der Waals surface area (Å²) in [5.74, 6) is -0.214. The maximum absolute atomic E-state index is 13.1. The largest absolute Gasteiger partial charge is 0.391 e. The fraction of sp³-hybridized carbons (Fsp3) is 0.500. The van der Waals surface area contributed by atoms with Crippen LogP contribution >= 0.6 is 0 Å². The maximum atomic E-state index is 13.1. The zero-order valence-electron chi connectivity index (χ0n) is 9.41. The third-order valence-electron chi connectivity index (χ3n) is 2.91. The highest BCUT2D eigenvalue weighted by molar-refractivity contribution is 5.54. The summed E-state index contributed by atoms with van der Waals surface area (Å²) in [6.07, 6.45) is 0.531. The number of anilines is 1. The minimum Gasteiger partial charge on any atom is -0.391 e. The Morgan fingerprint density at radius 2 is 2.38 bits per heavy atom. The molecule has 1 aliphatic rings. The van der Waals surface area contributed by atoms with Crippen molar-refractivity contribution in [3.63, 3.8) is 0 Å². The van der Waals surface area contributed by atoms with Crippen LogP contribution in [0.1, 0.15) is 12.0 Å². The van der Waals surface area contributed by atoms with Gasteiger partial charge in [0.2, 0.25) is 0 Å². The molecular weight excluding hydrogens is 207 g/mol. The minimum atomic E-state index is -0.257. The first-order valence-corrected chi connectivity index (χ1v) is 5.56. The molecule has 16 heavy (non-hydrogen) atoms. The number of rotatable bonds is 3. The molecule has 1 unspecified atom stereocenters. The van der Waals surface area contributed by atoms with E-state index in [0.29, 0.717) is 13.1 Å². The van der Waals surface area contributed by atoms with Gasteiger partial charge in [0.25, 0.3) is 0 Å². The average molecular weight is 224 g/mol. The molecule has 1 aromatic rings. The minimum absolute atomic E-state index is 0.214. The van der Waals surface area contributed by atoms with Gasteiger partial charge in [0.05, 0.1) is 6.10 Å². The topological polar surface area (TPSA) is 35.5 Å². The Bertz CT molecular complexity index is 370. The van der Waals surface area contributed by atoms with Gasteiger partial charge in [0.15, 0.2) is 0 Å². The van der Waals surface area contributed by atoms with Gasteiger partial charge in [-0.15, -0.1) is 0 Å². The number of nitrogens with one attached hydrogen (secondary N) is 1. The maximum Gasteiger partial charge on any atom is 0.123 e. The molecule has 1 fully saturated rings. The lowest BCUT2D eigenvalue weighted by Gasteiger charge is -2.21.